The topological polar surface area (TPSA) is 35.8 Å². The van der Waals surface area contributed by atoms with Crippen molar-refractivity contribution in [3.63, 3.8) is 0 Å². The van der Waals surface area contributed by atoms with Crippen LogP contribution in [-0.2, 0) is 0 Å². The quantitative estimate of drug-likeness (QED) is 0.619. The first kappa shape index (κ1) is 11.6. The summed E-state index contributed by atoms with van der Waals surface area (Å²) in [6.07, 6.45) is 1.58. The fraction of sp³-hybridized carbons (Fsp3) is 0.364. The van der Waals surface area contributed by atoms with Gasteiger partial charge in [-0.1, -0.05) is 28.4 Å². The minimum atomic E-state index is 0.569. The van der Waals surface area contributed by atoms with Gasteiger partial charge in [0.2, 0.25) is 0 Å². The molecule has 1 aliphatic rings. The Morgan fingerprint density at radius 1 is 1.12 bits per heavy atom. The van der Waals surface area contributed by atoms with Crippen LogP contribution in [0.15, 0.2) is 23.4 Å². The van der Waals surface area contributed by atoms with Gasteiger partial charge in [0.1, 0.15) is 0 Å². The van der Waals surface area contributed by atoms with Gasteiger partial charge < -0.3 is 10.1 Å². The molecule has 1 fully saturated rings. The Kier molecular flexibility index (Phi) is 3.56. The normalized spacial score (nSPS) is 16.4. The molecule has 1 saturated heterocycles. The van der Waals surface area contributed by atoms with E-state index in [0.29, 0.717) is 10.0 Å². The number of hydrogen-bond donors (Lipinski definition) is 1. The smallest absolute Gasteiger partial charge is 0.0612 e. The first-order chi connectivity index (χ1) is 7.70. The van der Waals surface area contributed by atoms with Crippen LogP contribution in [0.3, 0.4) is 0 Å². The van der Waals surface area contributed by atoms with Crippen LogP contribution in [0.5, 0.6) is 0 Å². The standard InChI is InChI=1S/C11H12Cl2N2O/c12-10-2-1-9(7-11(10)13)15-5-3-8(14-16)4-6-15/h1-2,7,16H,3-6H2. The SMILES string of the molecule is ON=C1CCN(c2ccc(Cl)c(Cl)c2)CC1. The highest BCUT2D eigenvalue weighted by atomic mass is 35.5. The Morgan fingerprint density at radius 3 is 2.38 bits per heavy atom. The van der Waals surface area contributed by atoms with Crippen molar-refractivity contribution in [3.05, 3.63) is 28.2 Å². The van der Waals surface area contributed by atoms with Gasteiger partial charge in [-0.05, 0) is 18.2 Å². The van der Waals surface area contributed by atoms with E-state index in [1.54, 1.807) is 6.07 Å². The summed E-state index contributed by atoms with van der Waals surface area (Å²) in [4.78, 5) is 2.21. The Balaban J connectivity index is 2.11. The molecule has 16 heavy (non-hydrogen) atoms. The summed E-state index contributed by atoms with van der Waals surface area (Å²) < 4.78 is 0. The molecular weight excluding hydrogens is 247 g/mol. The number of nitrogens with zero attached hydrogens (tertiary/aromatic N) is 2. The fourth-order valence-electron chi connectivity index (χ4n) is 1.80. The van der Waals surface area contributed by atoms with Crippen LogP contribution in [0.25, 0.3) is 0 Å². The lowest BCUT2D eigenvalue weighted by Gasteiger charge is -2.29. The van der Waals surface area contributed by atoms with Gasteiger partial charge in [-0.3, -0.25) is 0 Å². The molecule has 5 heteroatoms. The molecular formula is C11H12Cl2N2O. The van der Waals surface area contributed by atoms with Crippen LogP contribution in [0, 0.1) is 0 Å². The first-order valence-electron chi connectivity index (χ1n) is 5.10. The van der Waals surface area contributed by atoms with Crippen molar-refractivity contribution in [3.8, 4) is 0 Å². The van der Waals surface area contributed by atoms with E-state index in [4.69, 9.17) is 28.4 Å². The number of hydrogen-bond acceptors (Lipinski definition) is 3. The maximum atomic E-state index is 8.66. The van der Waals surface area contributed by atoms with Crippen molar-refractivity contribution >= 4 is 34.6 Å². The lowest BCUT2D eigenvalue weighted by Crippen LogP contribution is -2.33. The van der Waals surface area contributed by atoms with Crippen LogP contribution < -0.4 is 4.90 Å². The van der Waals surface area contributed by atoms with E-state index in [-0.39, 0.29) is 0 Å². The predicted molar refractivity (Wildman–Crippen MR) is 67.1 cm³/mol. The molecule has 0 radical (unpaired) electrons. The van der Waals surface area contributed by atoms with Gasteiger partial charge in [0.25, 0.3) is 0 Å². The molecule has 0 aliphatic carbocycles. The molecule has 1 heterocycles. The molecule has 0 amide bonds. The molecule has 1 aliphatic heterocycles. The highest BCUT2D eigenvalue weighted by Crippen LogP contribution is 2.28. The third-order valence-electron chi connectivity index (χ3n) is 2.75. The minimum Gasteiger partial charge on any atom is -0.411 e. The van der Waals surface area contributed by atoms with Crippen molar-refractivity contribution in [1.29, 1.82) is 0 Å². The van der Waals surface area contributed by atoms with Crippen molar-refractivity contribution in [2.45, 2.75) is 12.8 Å². The predicted octanol–water partition coefficient (Wildman–Crippen LogP) is 3.42. The summed E-state index contributed by atoms with van der Waals surface area (Å²) in [6.45, 7) is 1.69. The maximum absolute atomic E-state index is 8.66. The Hall–Kier alpha value is -0.930. The molecule has 0 aromatic heterocycles. The first-order valence-corrected chi connectivity index (χ1v) is 5.86. The zero-order valence-corrected chi connectivity index (χ0v) is 10.2. The van der Waals surface area contributed by atoms with E-state index >= 15 is 0 Å². The van der Waals surface area contributed by atoms with Crippen LogP contribution in [0.4, 0.5) is 5.69 Å². The third kappa shape index (κ3) is 2.42. The molecule has 0 bridgehead atoms. The number of piperidine rings is 1. The number of oxime groups is 1. The zero-order valence-electron chi connectivity index (χ0n) is 8.66. The number of rotatable bonds is 1. The lowest BCUT2D eigenvalue weighted by molar-refractivity contribution is 0.315. The highest BCUT2D eigenvalue weighted by Gasteiger charge is 2.16. The third-order valence-corrected chi connectivity index (χ3v) is 3.49. The summed E-state index contributed by atoms with van der Waals surface area (Å²) in [7, 11) is 0. The van der Waals surface area contributed by atoms with Crippen LogP contribution >= 0.6 is 23.2 Å². The van der Waals surface area contributed by atoms with E-state index in [9.17, 15) is 0 Å². The van der Waals surface area contributed by atoms with Gasteiger partial charge in [-0.15, -0.1) is 0 Å². The summed E-state index contributed by atoms with van der Waals surface area (Å²) in [6, 6.07) is 5.62. The molecule has 86 valence electrons. The van der Waals surface area contributed by atoms with Crippen molar-refractivity contribution in [2.24, 2.45) is 5.16 Å². The second-order valence-corrected chi connectivity index (χ2v) is 4.57. The number of benzene rings is 1. The van der Waals surface area contributed by atoms with E-state index in [1.807, 2.05) is 12.1 Å². The summed E-state index contributed by atoms with van der Waals surface area (Å²) >= 11 is 11.8. The van der Waals surface area contributed by atoms with Gasteiger partial charge in [0.15, 0.2) is 0 Å². The lowest BCUT2D eigenvalue weighted by atomic mass is 10.1. The van der Waals surface area contributed by atoms with Crippen molar-refractivity contribution < 1.29 is 5.21 Å². The highest BCUT2D eigenvalue weighted by molar-refractivity contribution is 6.42. The fourth-order valence-corrected chi connectivity index (χ4v) is 2.10. The zero-order chi connectivity index (χ0) is 11.5. The van der Waals surface area contributed by atoms with Gasteiger partial charge >= 0.3 is 0 Å². The molecule has 3 nitrogen and oxygen atoms in total. The second-order valence-electron chi connectivity index (χ2n) is 3.75. The van der Waals surface area contributed by atoms with Crippen molar-refractivity contribution in [1.82, 2.24) is 0 Å². The minimum absolute atomic E-state index is 0.569. The van der Waals surface area contributed by atoms with E-state index in [0.717, 1.165) is 37.3 Å². The molecule has 0 unspecified atom stereocenters. The van der Waals surface area contributed by atoms with E-state index in [1.165, 1.54) is 0 Å². The second kappa shape index (κ2) is 4.93. The molecule has 1 aromatic carbocycles. The Bertz CT molecular complexity index is 410. The van der Waals surface area contributed by atoms with Crippen molar-refractivity contribution in [2.75, 3.05) is 18.0 Å². The molecule has 2 rings (SSSR count). The van der Waals surface area contributed by atoms with Crippen LogP contribution in [0.1, 0.15) is 12.8 Å². The Labute approximate surface area is 104 Å². The molecule has 0 atom stereocenters. The van der Waals surface area contributed by atoms with Crippen LogP contribution in [0.2, 0.25) is 10.0 Å². The van der Waals surface area contributed by atoms with E-state index in [2.05, 4.69) is 10.1 Å². The maximum Gasteiger partial charge on any atom is 0.0612 e. The van der Waals surface area contributed by atoms with Gasteiger partial charge in [-0.2, -0.15) is 0 Å². The van der Waals surface area contributed by atoms with Gasteiger partial charge in [-0.25, -0.2) is 0 Å². The molecule has 0 saturated carbocycles. The number of anilines is 1. The average Bonchev–Trinajstić information content (AvgIpc) is 2.33. The molecule has 0 spiro atoms. The number of halogens is 2. The van der Waals surface area contributed by atoms with Gasteiger partial charge in [0, 0.05) is 31.6 Å². The summed E-state index contributed by atoms with van der Waals surface area (Å²) in [5.74, 6) is 0. The Morgan fingerprint density at radius 2 is 1.81 bits per heavy atom. The van der Waals surface area contributed by atoms with Crippen LogP contribution in [-0.4, -0.2) is 24.0 Å². The average molecular weight is 259 g/mol. The van der Waals surface area contributed by atoms with Gasteiger partial charge in [0.05, 0.1) is 15.8 Å². The summed E-state index contributed by atoms with van der Waals surface area (Å²) in [5.41, 5.74) is 1.92. The molecule has 1 aromatic rings. The largest absolute Gasteiger partial charge is 0.411 e. The van der Waals surface area contributed by atoms with E-state index < -0.39 is 0 Å². The molecule has 1 N–H and O–H groups in total. The summed E-state index contributed by atoms with van der Waals surface area (Å²) in [5, 5.41) is 13.0. The monoisotopic (exact) mass is 258 g/mol.